The minimum Gasteiger partial charge on any atom is -0.312 e. The molecule has 0 radical (unpaired) electrons. The van der Waals surface area contributed by atoms with Gasteiger partial charge >= 0.3 is 0 Å². The Morgan fingerprint density at radius 3 is 2.95 bits per heavy atom. The van der Waals surface area contributed by atoms with Gasteiger partial charge in [-0.1, -0.05) is 25.1 Å². The lowest BCUT2D eigenvalue weighted by Crippen LogP contribution is -2.20. The fraction of sp³-hybridized carbons (Fsp3) is 0.375. The van der Waals surface area contributed by atoms with Gasteiger partial charge in [-0.2, -0.15) is 5.10 Å². The Labute approximate surface area is 128 Å². The van der Waals surface area contributed by atoms with Crippen molar-refractivity contribution in [3.63, 3.8) is 0 Å². The lowest BCUT2D eigenvalue weighted by Gasteiger charge is -2.14. The van der Waals surface area contributed by atoms with E-state index in [1.165, 1.54) is 15.0 Å². The van der Waals surface area contributed by atoms with E-state index in [-0.39, 0.29) is 6.04 Å². The predicted molar refractivity (Wildman–Crippen MR) is 87.6 cm³/mol. The molecular weight excluding hydrogens is 280 g/mol. The lowest BCUT2D eigenvalue weighted by molar-refractivity contribution is 0.521. The summed E-state index contributed by atoms with van der Waals surface area (Å²) in [5.41, 5.74) is 0. The summed E-state index contributed by atoms with van der Waals surface area (Å²) in [6.45, 7) is 3.09. The van der Waals surface area contributed by atoms with Gasteiger partial charge in [-0.25, -0.2) is 4.98 Å². The molecule has 1 aromatic carbocycles. The van der Waals surface area contributed by atoms with E-state index in [1.807, 2.05) is 23.1 Å². The largest absolute Gasteiger partial charge is 0.312 e. The SMILES string of the molecule is CCCn1ncnc1CC(NC)c1cc2ccccc2s1. The number of aryl methyl sites for hydroxylation is 1. The van der Waals surface area contributed by atoms with Crippen LogP contribution in [0.25, 0.3) is 10.1 Å². The van der Waals surface area contributed by atoms with Crippen molar-refractivity contribution in [1.29, 1.82) is 0 Å². The summed E-state index contributed by atoms with van der Waals surface area (Å²) in [7, 11) is 2.01. The van der Waals surface area contributed by atoms with Crippen molar-refractivity contribution in [3.05, 3.63) is 47.4 Å². The molecule has 0 saturated carbocycles. The van der Waals surface area contributed by atoms with Crippen LogP contribution in [0.15, 0.2) is 36.7 Å². The number of hydrogen-bond donors (Lipinski definition) is 1. The van der Waals surface area contributed by atoms with E-state index in [2.05, 4.69) is 52.7 Å². The Morgan fingerprint density at radius 2 is 2.19 bits per heavy atom. The summed E-state index contributed by atoms with van der Waals surface area (Å²) in [5.74, 6) is 1.05. The quantitative estimate of drug-likeness (QED) is 0.758. The third kappa shape index (κ3) is 2.99. The molecule has 4 nitrogen and oxygen atoms in total. The maximum absolute atomic E-state index is 4.42. The van der Waals surface area contributed by atoms with Crippen LogP contribution in [0.4, 0.5) is 0 Å². The maximum Gasteiger partial charge on any atom is 0.138 e. The molecule has 110 valence electrons. The molecule has 0 saturated heterocycles. The van der Waals surface area contributed by atoms with E-state index in [1.54, 1.807) is 6.33 Å². The minimum absolute atomic E-state index is 0.280. The van der Waals surface area contributed by atoms with Crippen LogP contribution in [0, 0.1) is 0 Å². The Morgan fingerprint density at radius 1 is 1.33 bits per heavy atom. The van der Waals surface area contributed by atoms with Crippen molar-refractivity contribution in [1.82, 2.24) is 20.1 Å². The first-order valence-electron chi connectivity index (χ1n) is 7.34. The molecule has 1 N–H and O–H groups in total. The highest BCUT2D eigenvalue weighted by Crippen LogP contribution is 2.31. The van der Waals surface area contributed by atoms with Crippen LogP contribution in [0.5, 0.6) is 0 Å². The highest BCUT2D eigenvalue weighted by molar-refractivity contribution is 7.19. The van der Waals surface area contributed by atoms with Gasteiger partial charge in [0.05, 0.1) is 0 Å². The lowest BCUT2D eigenvalue weighted by atomic mass is 10.1. The molecule has 2 aromatic heterocycles. The topological polar surface area (TPSA) is 42.7 Å². The van der Waals surface area contributed by atoms with Crippen molar-refractivity contribution < 1.29 is 0 Å². The normalized spacial score (nSPS) is 12.9. The molecule has 0 aliphatic carbocycles. The molecular formula is C16H20N4S. The number of benzene rings is 1. The van der Waals surface area contributed by atoms with Gasteiger partial charge in [0.2, 0.25) is 0 Å². The number of likely N-dealkylation sites (N-methyl/N-ethyl adjacent to an activating group) is 1. The summed E-state index contributed by atoms with van der Waals surface area (Å²) >= 11 is 1.85. The molecule has 0 amide bonds. The third-order valence-corrected chi connectivity index (χ3v) is 4.88. The zero-order valence-corrected chi connectivity index (χ0v) is 13.2. The van der Waals surface area contributed by atoms with E-state index in [4.69, 9.17) is 0 Å². The summed E-state index contributed by atoms with van der Waals surface area (Å²) < 4.78 is 3.35. The molecule has 3 rings (SSSR count). The second-order valence-electron chi connectivity index (χ2n) is 5.13. The maximum atomic E-state index is 4.42. The zero-order valence-electron chi connectivity index (χ0n) is 12.4. The second kappa shape index (κ2) is 6.37. The number of rotatable bonds is 6. The van der Waals surface area contributed by atoms with Gasteiger partial charge in [-0.15, -0.1) is 11.3 Å². The van der Waals surface area contributed by atoms with Crippen molar-refractivity contribution in [2.75, 3.05) is 7.05 Å². The van der Waals surface area contributed by atoms with Gasteiger partial charge in [-0.3, -0.25) is 4.68 Å². The van der Waals surface area contributed by atoms with Crippen molar-refractivity contribution >= 4 is 21.4 Å². The second-order valence-corrected chi connectivity index (χ2v) is 6.25. The van der Waals surface area contributed by atoms with Crippen molar-refractivity contribution in [2.24, 2.45) is 0 Å². The van der Waals surface area contributed by atoms with Gasteiger partial charge in [0, 0.05) is 28.6 Å². The third-order valence-electron chi connectivity index (χ3n) is 3.65. The molecule has 21 heavy (non-hydrogen) atoms. The number of thiophene rings is 1. The van der Waals surface area contributed by atoms with Crippen LogP contribution in [-0.2, 0) is 13.0 Å². The first-order valence-corrected chi connectivity index (χ1v) is 8.16. The summed E-state index contributed by atoms with van der Waals surface area (Å²) in [6, 6.07) is 11.1. The standard InChI is InChI=1S/C16H20N4S/c1-3-8-20-16(18-11-19-20)10-13(17-2)15-9-12-6-4-5-7-14(12)21-15/h4-7,9,11,13,17H,3,8,10H2,1-2H3. The smallest absolute Gasteiger partial charge is 0.138 e. The van der Waals surface area contributed by atoms with Crippen LogP contribution in [0.2, 0.25) is 0 Å². The average Bonchev–Trinajstić information content (AvgIpc) is 3.11. The molecule has 0 fully saturated rings. The van der Waals surface area contributed by atoms with E-state index < -0.39 is 0 Å². The average molecular weight is 300 g/mol. The molecule has 0 bridgehead atoms. The Kier molecular flexibility index (Phi) is 4.31. The minimum atomic E-state index is 0.280. The number of nitrogens with zero attached hydrogens (tertiary/aromatic N) is 3. The van der Waals surface area contributed by atoms with Gasteiger partial charge in [0.15, 0.2) is 0 Å². The fourth-order valence-electron chi connectivity index (χ4n) is 2.55. The van der Waals surface area contributed by atoms with Crippen LogP contribution in [0.1, 0.15) is 30.1 Å². The van der Waals surface area contributed by atoms with E-state index in [0.717, 1.165) is 25.2 Å². The Bertz CT molecular complexity index is 683. The van der Waals surface area contributed by atoms with Crippen molar-refractivity contribution in [2.45, 2.75) is 32.4 Å². The van der Waals surface area contributed by atoms with E-state index >= 15 is 0 Å². The van der Waals surface area contributed by atoms with Gasteiger partial charge in [-0.05, 0) is 31.0 Å². The zero-order chi connectivity index (χ0) is 14.7. The van der Waals surface area contributed by atoms with Crippen molar-refractivity contribution in [3.8, 4) is 0 Å². The first-order chi connectivity index (χ1) is 10.3. The summed E-state index contributed by atoms with van der Waals surface area (Å²) in [6.07, 6.45) is 3.59. The van der Waals surface area contributed by atoms with Gasteiger partial charge in [0.25, 0.3) is 0 Å². The molecule has 5 heteroatoms. The highest BCUT2D eigenvalue weighted by atomic mass is 32.1. The van der Waals surface area contributed by atoms with Crippen LogP contribution >= 0.6 is 11.3 Å². The molecule has 0 spiro atoms. The Balaban J connectivity index is 1.85. The summed E-state index contributed by atoms with van der Waals surface area (Å²) in [4.78, 5) is 5.77. The summed E-state index contributed by atoms with van der Waals surface area (Å²) in [5, 5.41) is 9.04. The predicted octanol–water partition coefficient (Wildman–Crippen LogP) is 3.41. The first kappa shape index (κ1) is 14.2. The van der Waals surface area contributed by atoms with Gasteiger partial charge < -0.3 is 5.32 Å². The fourth-order valence-corrected chi connectivity index (χ4v) is 3.72. The number of fused-ring (bicyclic) bond motifs is 1. The van der Waals surface area contributed by atoms with Crippen LogP contribution in [0.3, 0.4) is 0 Å². The molecule has 1 atom stereocenters. The number of nitrogens with one attached hydrogen (secondary N) is 1. The van der Waals surface area contributed by atoms with E-state index in [9.17, 15) is 0 Å². The van der Waals surface area contributed by atoms with E-state index in [0.29, 0.717) is 0 Å². The number of hydrogen-bond acceptors (Lipinski definition) is 4. The molecule has 0 aliphatic heterocycles. The molecule has 0 aliphatic rings. The van der Waals surface area contributed by atoms with Crippen LogP contribution < -0.4 is 5.32 Å². The monoisotopic (exact) mass is 300 g/mol. The molecule has 3 aromatic rings. The Hall–Kier alpha value is -1.72. The number of aromatic nitrogens is 3. The molecule has 1 unspecified atom stereocenters. The molecule has 2 heterocycles. The van der Waals surface area contributed by atoms with Crippen LogP contribution in [-0.4, -0.2) is 21.8 Å². The highest BCUT2D eigenvalue weighted by Gasteiger charge is 2.16. The van der Waals surface area contributed by atoms with Gasteiger partial charge in [0.1, 0.15) is 12.2 Å².